The molecule has 172 valence electrons. The fourth-order valence-corrected chi connectivity index (χ4v) is 3.74. The zero-order valence-corrected chi connectivity index (χ0v) is 19.3. The molecule has 4 rings (SSSR count). The molecule has 1 fully saturated rings. The SMILES string of the molecule is CN(C)CCOc1ccc(N2CCCCN(c3ccc(Oc4ccccc4)cc3)C2=O)cc1. The predicted molar refractivity (Wildman–Crippen MR) is 133 cm³/mol. The number of amides is 2. The van der Waals surface area contributed by atoms with Crippen LogP contribution in [-0.4, -0.2) is 51.3 Å². The lowest BCUT2D eigenvalue weighted by Gasteiger charge is -2.28. The summed E-state index contributed by atoms with van der Waals surface area (Å²) in [5, 5.41) is 0. The molecule has 1 aliphatic heterocycles. The molecule has 0 unspecified atom stereocenters. The molecule has 0 radical (unpaired) electrons. The maximum Gasteiger partial charge on any atom is 0.328 e. The number of nitrogens with zero attached hydrogens (tertiary/aromatic N) is 3. The van der Waals surface area contributed by atoms with E-state index >= 15 is 0 Å². The van der Waals surface area contributed by atoms with Crippen molar-refractivity contribution in [3.63, 3.8) is 0 Å². The van der Waals surface area contributed by atoms with Gasteiger partial charge in [0.15, 0.2) is 0 Å². The van der Waals surface area contributed by atoms with Crippen molar-refractivity contribution in [2.75, 3.05) is 50.1 Å². The van der Waals surface area contributed by atoms with E-state index in [-0.39, 0.29) is 6.03 Å². The molecular weight excluding hydrogens is 414 g/mol. The molecule has 1 saturated heterocycles. The first-order valence-corrected chi connectivity index (χ1v) is 11.4. The van der Waals surface area contributed by atoms with Crippen LogP contribution in [0.2, 0.25) is 0 Å². The van der Waals surface area contributed by atoms with Gasteiger partial charge in [0, 0.05) is 31.0 Å². The van der Waals surface area contributed by atoms with Gasteiger partial charge in [-0.1, -0.05) is 18.2 Å². The van der Waals surface area contributed by atoms with E-state index in [0.29, 0.717) is 19.7 Å². The van der Waals surface area contributed by atoms with Crippen LogP contribution in [0, 0.1) is 0 Å². The smallest absolute Gasteiger partial charge is 0.328 e. The van der Waals surface area contributed by atoms with Gasteiger partial charge in [-0.25, -0.2) is 4.79 Å². The molecule has 0 atom stereocenters. The van der Waals surface area contributed by atoms with Crippen molar-refractivity contribution in [3.8, 4) is 17.2 Å². The molecule has 1 aliphatic rings. The van der Waals surface area contributed by atoms with Crippen molar-refractivity contribution in [1.29, 1.82) is 0 Å². The Kier molecular flexibility index (Phi) is 7.47. The Morgan fingerprint density at radius 3 is 1.79 bits per heavy atom. The highest BCUT2D eigenvalue weighted by Crippen LogP contribution is 2.28. The van der Waals surface area contributed by atoms with Gasteiger partial charge in [0.25, 0.3) is 0 Å². The molecule has 6 nitrogen and oxygen atoms in total. The summed E-state index contributed by atoms with van der Waals surface area (Å²) in [4.78, 5) is 19.2. The third-order valence-corrected chi connectivity index (χ3v) is 5.56. The number of likely N-dealkylation sites (N-methyl/N-ethyl adjacent to an activating group) is 1. The number of para-hydroxylation sites is 1. The number of anilines is 2. The molecule has 2 amide bonds. The third kappa shape index (κ3) is 6.05. The van der Waals surface area contributed by atoms with Crippen molar-refractivity contribution in [3.05, 3.63) is 78.9 Å². The lowest BCUT2D eigenvalue weighted by Crippen LogP contribution is -2.42. The highest BCUT2D eigenvalue weighted by molar-refractivity contribution is 6.03. The van der Waals surface area contributed by atoms with Crippen molar-refractivity contribution >= 4 is 17.4 Å². The second-order valence-corrected chi connectivity index (χ2v) is 8.35. The lowest BCUT2D eigenvalue weighted by atomic mass is 10.2. The first-order chi connectivity index (χ1) is 16.1. The number of rotatable bonds is 8. The zero-order chi connectivity index (χ0) is 23.0. The van der Waals surface area contributed by atoms with Crippen LogP contribution >= 0.6 is 0 Å². The summed E-state index contributed by atoms with van der Waals surface area (Å²) >= 11 is 0. The van der Waals surface area contributed by atoms with Crippen molar-refractivity contribution < 1.29 is 14.3 Å². The van der Waals surface area contributed by atoms with E-state index < -0.39 is 0 Å². The van der Waals surface area contributed by atoms with Gasteiger partial charge in [-0.2, -0.15) is 0 Å². The van der Waals surface area contributed by atoms with E-state index in [9.17, 15) is 4.79 Å². The molecule has 3 aromatic rings. The Morgan fingerprint density at radius 2 is 1.24 bits per heavy atom. The highest BCUT2D eigenvalue weighted by Gasteiger charge is 2.26. The number of carbonyl (C=O) groups excluding carboxylic acids is 1. The Bertz CT molecular complexity index is 1020. The number of hydrogen-bond acceptors (Lipinski definition) is 4. The minimum Gasteiger partial charge on any atom is -0.492 e. The summed E-state index contributed by atoms with van der Waals surface area (Å²) < 4.78 is 11.7. The molecule has 0 aromatic heterocycles. The van der Waals surface area contributed by atoms with Crippen LogP contribution in [0.1, 0.15) is 12.8 Å². The average Bonchev–Trinajstić information content (AvgIpc) is 3.02. The van der Waals surface area contributed by atoms with Crippen LogP contribution in [0.4, 0.5) is 16.2 Å². The lowest BCUT2D eigenvalue weighted by molar-refractivity contribution is 0.252. The predicted octanol–water partition coefficient (Wildman–Crippen LogP) is 5.65. The number of ether oxygens (including phenoxy) is 2. The van der Waals surface area contributed by atoms with Gasteiger partial charge in [-0.05, 0) is 87.6 Å². The van der Waals surface area contributed by atoms with Crippen LogP contribution in [-0.2, 0) is 0 Å². The normalized spacial score (nSPS) is 14.3. The number of carbonyl (C=O) groups is 1. The minimum absolute atomic E-state index is 0.00879. The average molecular weight is 446 g/mol. The molecule has 0 N–H and O–H groups in total. The van der Waals surface area contributed by atoms with Gasteiger partial charge < -0.3 is 14.4 Å². The van der Waals surface area contributed by atoms with E-state index in [1.807, 2.05) is 103 Å². The van der Waals surface area contributed by atoms with E-state index in [2.05, 4.69) is 4.90 Å². The topological polar surface area (TPSA) is 45.2 Å². The van der Waals surface area contributed by atoms with Crippen molar-refractivity contribution in [2.45, 2.75) is 12.8 Å². The molecule has 33 heavy (non-hydrogen) atoms. The van der Waals surface area contributed by atoms with Gasteiger partial charge in [-0.15, -0.1) is 0 Å². The van der Waals surface area contributed by atoms with Gasteiger partial charge in [0.1, 0.15) is 23.9 Å². The van der Waals surface area contributed by atoms with Crippen LogP contribution in [0.3, 0.4) is 0 Å². The van der Waals surface area contributed by atoms with Crippen LogP contribution < -0.4 is 19.3 Å². The molecule has 6 heteroatoms. The monoisotopic (exact) mass is 445 g/mol. The molecule has 1 heterocycles. The molecule has 0 spiro atoms. The summed E-state index contributed by atoms with van der Waals surface area (Å²) in [5.41, 5.74) is 1.76. The zero-order valence-electron chi connectivity index (χ0n) is 19.3. The Balaban J connectivity index is 1.44. The Hall–Kier alpha value is -3.51. The summed E-state index contributed by atoms with van der Waals surface area (Å²) in [7, 11) is 4.04. The van der Waals surface area contributed by atoms with Gasteiger partial charge in [0.05, 0.1) is 0 Å². The van der Waals surface area contributed by atoms with Crippen LogP contribution in [0.5, 0.6) is 17.2 Å². The number of benzene rings is 3. The van der Waals surface area contributed by atoms with E-state index in [4.69, 9.17) is 9.47 Å². The maximum atomic E-state index is 13.4. The standard InChI is InChI=1S/C27H31N3O3/c1-28(2)20-21-32-24-14-10-22(11-15-24)29-18-6-7-19-30(27(29)31)23-12-16-26(17-13-23)33-25-8-4-3-5-9-25/h3-5,8-17H,6-7,18-21H2,1-2H3. The summed E-state index contributed by atoms with van der Waals surface area (Å²) in [6, 6.07) is 25.2. The largest absolute Gasteiger partial charge is 0.492 e. The van der Waals surface area contributed by atoms with E-state index in [1.54, 1.807) is 0 Å². The first-order valence-electron chi connectivity index (χ1n) is 11.4. The minimum atomic E-state index is -0.00879. The van der Waals surface area contributed by atoms with Crippen LogP contribution in [0.15, 0.2) is 78.9 Å². The summed E-state index contributed by atoms with van der Waals surface area (Å²) in [5.74, 6) is 2.35. The summed E-state index contributed by atoms with van der Waals surface area (Å²) in [6.07, 6.45) is 1.91. The quantitative estimate of drug-likeness (QED) is 0.450. The number of hydrogen-bond donors (Lipinski definition) is 0. The van der Waals surface area contributed by atoms with Gasteiger partial charge in [0.2, 0.25) is 0 Å². The molecular formula is C27H31N3O3. The second-order valence-electron chi connectivity index (χ2n) is 8.35. The Labute approximate surface area is 195 Å². The third-order valence-electron chi connectivity index (χ3n) is 5.56. The maximum absolute atomic E-state index is 13.4. The van der Waals surface area contributed by atoms with E-state index in [1.165, 1.54) is 0 Å². The second kappa shape index (κ2) is 10.9. The molecule has 0 aliphatic carbocycles. The van der Waals surface area contributed by atoms with Crippen LogP contribution in [0.25, 0.3) is 0 Å². The fraction of sp³-hybridized carbons (Fsp3) is 0.296. The highest BCUT2D eigenvalue weighted by atomic mass is 16.5. The molecule has 0 saturated carbocycles. The first kappa shape index (κ1) is 22.7. The Morgan fingerprint density at radius 1 is 0.727 bits per heavy atom. The van der Waals surface area contributed by atoms with Gasteiger partial charge >= 0.3 is 6.03 Å². The summed E-state index contributed by atoms with van der Waals surface area (Å²) in [6.45, 7) is 2.88. The van der Waals surface area contributed by atoms with Gasteiger partial charge in [-0.3, -0.25) is 9.80 Å². The van der Waals surface area contributed by atoms with Crippen molar-refractivity contribution in [1.82, 2.24) is 4.90 Å². The number of urea groups is 1. The molecule has 3 aromatic carbocycles. The van der Waals surface area contributed by atoms with Crippen molar-refractivity contribution in [2.24, 2.45) is 0 Å². The van der Waals surface area contributed by atoms with E-state index in [0.717, 1.165) is 48.0 Å². The fourth-order valence-electron chi connectivity index (χ4n) is 3.74. The molecule has 0 bridgehead atoms.